The van der Waals surface area contributed by atoms with Crippen molar-refractivity contribution in [1.29, 1.82) is 0 Å². The molecule has 0 bridgehead atoms. The monoisotopic (exact) mass is 475 g/mol. The van der Waals surface area contributed by atoms with Crippen LogP contribution in [-0.2, 0) is 10.5 Å². The van der Waals surface area contributed by atoms with Gasteiger partial charge in [-0.2, -0.15) is 0 Å². The second-order valence-corrected chi connectivity index (χ2v) is 9.22. The maximum Gasteiger partial charge on any atom is 0.257 e. The van der Waals surface area contributed by atoms with E-state index in [2.05, 4.69) is 10.3 Å². The lowest BCUT2D eigenvalue weighted by molar-refractivity contribution is -0.122. The average Bonchev–Trinajstić information content (AvgIpc) is 2.86. The Labute approximate surface area is 201 Å². The highest BCUT2D eigenvalue weighted by atomic mass is 32.2. The van der Waals surface area contributed by atoms with Gasteiger partial charge in [0, 0.05) is 29.4 Å². The summed E-state index contributed by atoms with van der Waals surface area (Å²) in [6.07, 6.45) is 3.13. The van der Waals surface area contributed by atoms with Gasteiger partial charge in [0.25, 0.3) is 5.56 Å². The maximum atomic E-state index is 13.5. The van der Waals surface area contributed by atoms with E-state index >= 15 is 0 Å². The van der Waals surface area contributed by atoms with Gasteiger partial charge < -0.3 is 19.8 Å². The first-order valence-electron chi connectivity index (χ1n) is 11.1. The van der Waals surface area contributed by atoms with Crippen LogP contribution in [0.4, 0.5) is 5.82 Å². The zero-order valence-corrected chi connectivity index (χ0v) is 19.8. The minimum atomic E-state index is -0.537. The number of aromatic nitrogens is 2. The van der Waals surface area contributed by atoms with Gasteiger partial charge in [-0.05, 0) is 30.2 Å². The first-order chi connectivity index (χ1) is 16.6. The molecule has 0 amide bonds. The Kier molecular flexibility index (Phi) is 6.15. The van der Waals surface area contributed by atoms with Crippen molar-refractivity contribution < 1.29 is 14.3 Å². The molecule has 1 aromatic heterocycles. The predicted molar refractivity (Wildman–Crippen MR) is 132 cm³/mol. The number of H-pyrrole nitrogens is 1. The van der Waals surface area contributed by atoms with Crippen LogP contribution in [0.2, 0.25) is 0 Å². The number of rotatable bonds is 6. The molecule has 34 heavy (non-hydrogen) atoms. The number of methoxy groups -OCH3 is 2. The average molecular weight is 476 g/mol. The lowest BCUT2D eigenvalue weighted by atomic mass is 9.72. The summed E-state index contributed by atoms with van der Waals surface area (Å²) in [5.74, 6) is 1.43. The third-order valence-corrected chi connectivity index (χ3v) is 7.21. The maximum absolute atomic E-state index is 13.5. The number of hydrogen-bond donors (Lipinski definition) is 2. The van der Waals surface area contributed by atoms with Crippen LogP contribution >= 0.6 is 11.8 Å². The van der Waals surface area contributed by atoms with Gasteiger partial charge in [0.05, 0.1) is 25.7 Å². The van der Waals surface area contributed by atoms with Gasteiger partial charge in [0.15, 0.2) is 5.16 Å². The van der Waals surface area contributed by atoms with Crippen molar-refractivity contribution in [2.24, 2.45) is 5.92 Å². The summed E-state index contributed by atoms with van der Waals surface area (Å²) in [5.41, 5.74) is 2.83. The summed E-state index contributed by atoms with van der Waals surface area (Å²) in [5, 5.41) is 3.82. The van der Waals surface area contributed by atoms with Crippen molar-refractivity contribution in [2.75, 3.05) is 19.5 Å². The summed E-state index contributed by atoms with van der Waals surface area (Å²) < 4.78 is 11.1. The summed E-state index contributed by atoms with van der Waals surface area (Å²) in [4.78, 5) is 34.3. The Balaban J connectivity index is 1.62. The SMILES string of the molecule is COc1ccc(OC)c(C2c3c(nc(SCc4ccccc4)[nH]c3=O)NC3=CCCC(=O)C32)c1. The number of aromatic amines is 1. The molecule has 174 valence electrons. The number of allylic oxidation sites excluding steroid dienone is 2. The van der Waals surface area contributed by atoms with E-state index in [4.69, 9.17) is 14.5 Å². The zero-order valence-electron chi connectivity index (χ0n) is 19.0. The fourth-order valence-electron chi connectivity index (χ4n) is 4.68. The number of hydrogen-bond acceptors (Lipinski definition) is 7. The van der Waals surface area contributed by atoms with Crippen molar-refractivity contribution >= 4 is 23.4 Å². The second-order valence-electron chi connectivity index (χ2n) is 8.26. The predicted octanol–water partition coefficient (Wildman–Crippen LogP) is 4.50. The molecule has 2 atom stereocenters. The van der Waals surface area contributed by atoms with Gasteiger partial charge in [0.1, 0.15) is 23.1 Å². The van der Waals surface area contributed by atoms with E-state index in [1.807, 2.05) is 42.5 Å². The highest BCUT2D eigenvalue weighted by molar-refractivity contribution is 7.98. The van der Waals surface area contributed by atoms with E-state index in [-0.39, 0.29) is 11.3 Å². The summed E-state index contributed by atoms with van der Waals surface area (Å²) in [6, 6.07) is 15.5. The number of anilines is 1. The number of ketones is 1. The number of nitrogens with one attached hydrogen (secondary N) is 2. The Hall–Kier alpha value is -3.52. The van der Waals surface area contributed by atoms with E-state index in [0.717, 1.165) is 16.8 Å². The molecule has 2 aliphatic rings. The number of fused-ring (bicyclic) bond motifs is 2. The number of thioether (sulfide) groups is 1. The van der Waals surface area contributed by atoms with E-state index in [1.165, 1.54) is 11.8 Å². The van der Waals surface area contributed by atoms with Crippen molar-refractivity contribution in [3.8, 4) is 11.5 Å². The molecule has 8 heteroatoms. The van der Waals surface area contributed by atoms with Gasteiger partial charge in [-0.25, -0.2) is 4.98 Å². The molecule has 0 radical (unpaired) electrons. The standard InChI is InChI=1S/C26H25N3O4S/c1-32-16-11-12-20(33-2)17(13-16)21-22-18(9-6-10-19(22)30)27-24-23(21)25(31)29-26(28-24)34-14-15-7-4-3-5-8-15/h3-5,7-9,11-13,21-22H,6,10,14H2,1-2H3,(H2,27,28,29,31). The topological polar surface area (TPSA) is 93.3 Å². The fraction of sp³-hybridized carbons (Fsp3) is 0.269. The number of ether oxygens (including phenoxy) is 2. The lowest BCUT2D eigenvalue weighted by Crippen LogP contribution is -2.39. The first-order valence-corrected chi connectivity index (χ1v) is 12.1. The molecule has 7 nitrogen and oxygen atoms in total. The molecule has 2 N–H and O–H groups in total. The molecule has 2 heterocycles. The lowest BCUT2D eigenvalue weighted by Gasteiger charge is -2.37. The molecule has 2 unspecified atom stereocenters. The highest BCUT2D eigenvalue weighted by Gasteiger charge is 2.43. The van der Waals surface area contributed by atoms with Crippen molar-refractivity contribution in [2.45, 2.75) is 29.7 Å². The quantitative estimate of drug-likeness (QED) is 0.400. The zero-order chi connectivity index (χ0) is 23.7. The highest BCUT2D eigenvalue weighted by Crippen LogP contribution is 2.48. The van der Waals surface area contributed by atoms with Gasteiger partial charge >= 0.3 is 0 Å². The van der Waals surface area contributed by atoms with Gasteiger partial charge in [-0.3, -0.25) is 9.59 Å². The molecular formula is C26H25N3O4S. The van der Waals surface area contributed by atoms with E-state index < -0.39 is 11.8 Å². The van der Waals surface area contributed by atoms with Crippen molar-refractivity contribution in [3.63, 3.8) is 0 Å². The van der Waals surface area contributed by atoms with Crippen LogP contribution in [0.5, 0.6) is 11.5 Å². The molecule has 3 aromatic rings. The molecule has 0 fully saturated rings. The molecule has 1 aliphatic heterocycles. The Morgan fingerprint density at radius 1 is 1.06 bits per heavy atom. The van der Waals surface area contributed by atoms with Crippen LogP contribution in [0.1, 0.15) is 35.4 Å². The smallest absolute Gasteiger partial charge is 0.257 e. The largest absolute Gasteiger partial charge is 0.497 e. The number of carbonyl (C=O) groups excluding carboxylic acids is 1. The molecule has 2 aromatic carbocycles. The Bertz CT molecular complexity index is 1320. The second kappa shape index (κ2) is 9.38. The third-order valence-electron chi connectivity index (χ3n) is 6.27. The van der Waals surface area contributed by atoms with Crippen LogP contribution in [0, 0.1) is 5.92 Å². The van der Waals surface area contributed by atoms with Gasteiger partial charge in [0.2, 0.25) is 0 Å². The minimum absolute atomic E-state index is 0.0902. The van der Waals surface area contributed by atoms with Crippen LogP contribution in [0.3, 0.4) is 0 Å². The van der Waals surface area contributed by atoms with E-state index in [1.54, 1.807) is 26.4 Å². The first kappa shape index (κ1) is 22.3. The fourth-order valence-corrected chi connectivity index (χ4v) is 5.50. The molecule has 0 spiro atoms. The van der Waals surface area contributed by atoms with Crippen molar-refractivity contribution in [1.82, 2.24) is 9.97 Å². The number of Topliss-reactive ketones (excluding diaryl/α,β-unsaturated/α-hetero) is 1. The molecule has 0 saturated heterocycles. The Morgan fingerprint density at radius 2 is 1.88 bits per heavy atom. The molecule has 5 rings (SSSR count). The van der Waals surface area contributed by atoms with Gasteiger partial charge in [-0.1, -0.05) is 48.2 Å². The number of nitrogens with zero attached hydrogens (tertiary/aromatic N) is 1. The minimum Gasteiger partial charge on any atom is -0.497 e. The van der Waals surface area contributed by atoms with Crippen LogP contribution in [-0.4, -0.2) is 30.0 Å². The van der Waals surface area contributed by atoms with Crippen molar-refractivity contribution in [3.05, 3.63) is 87.3 Å². The van der Waals surface area contributed by atoms with E-state index in [0.29, 0.717) is 46.6 Å². The summed E-state index contributed by atoms with van der Waals surface area (Å²) in [6.45, 7) is 0. The van der Waals surface area contributed by atoms with Crippen LogP contribution in [0.25, 0.3) is 0 Å². The molecule has 1 aliphatic carbocycles. The van der Waals surface area contributed by atoms with Crippen LogP contribution in [0.15, 0.2) is 70.3 Å². The van der Waals surface area contributed by atoms with Crippen LogP contribution < -0.4 is 20.3 Å². The third kappa shape index (κ3) is 4.09. The Morgan fingerprint density at radius 3 is 2.65 bits per heavy atom. The number of carbonyl (C=O) groups is 1. The summed E-state index contributed by atoms with van der Waals surface area (Å²) in [7, 11) is 3.17. The molecule has 0 saturated carbocycles. The number of benzene rings is 2. The van der Waals surface area contributed by atoms with Gasteiger partial charge in [-0.15, -0.1) is 0 Å². The normalized spacial score (nSPS) is 18.9. The molecular weight excluding hydrogens is 450 g/mol. The summed E-state index contributed by atoms with van der Waals surface area (Å²) >= 11 is 1.46. The van der Waals surface area contributed by atoms with E-state index in [9.17, 15) is 9.59 Å².